The Balaban J connectivity index is 1.90. The second-order valence-electron chi connectivity index (χ2n) is 6.67. The number of aromatic nitrogens is 2. The number of carbonyl (C=O) groups is 1. The normalized spacial score (nSPS) is 11.8. The van der Waals surface area contributed by atoms with E-state index in [0.717, 1.165) is 25.2 Å². The third-order valence-corrected chi connectivity index (χ3v) is 5.06. The molecule has 2 aromatic heterocycles. The third-order valence-electron chi connectivity index (χ3n) is 4.73. The van der Waals surface area contributed by atoms with Crippen LogP contribution in [0.5, 0.6) is 11.5 Å². The van der Waals surface area contributed by atoms with Crippen LogP contribution in [0.3, 0.4) is 0 Å². The van der Waals surface area contributed by atoms with Crippen molar-refractivity contribution in [3.05, 3.63) is 52.9 Å². The van der Waals surface area contributed by atoms with Crippen LogP contribution in [0, 0.1) is 0 Å². The van der Waals surface area contributed by atoms with Crippen LogP contribution in [0.4, 0.5) is 0 Å². The number of nitrogens with two attached hydrogens (primary N) is 1. The van der Waals surface area contributed by atoms with Gasteiger partial charge < -0.3 is 15.5 Å². The molecule has 1 aromatic carbocycles. The molecule has 4 N–H and O–H groups in total. The molecule has 0 bridgehead atoms. The van der Waals surface area contributed by atoms with Gasteiger partial charge in [-0.3, -0.25) is 25.0 Å². The summed E-state index contributed by atoms with van der Waals surface area (Å²) < 4.78 is 6.08. The predicted octanol–water partition coefficient (Wildman–Crippen LogP) is 3.52. The van der Waals surface area contributed by atoms with Crippen LogP contribution in [0.15, 0.2) is 41.7 Å². The minimum absolute atomic E-state index is 0.0253. The number of amides is 1. The van der Waals surface area contributed by atoms with Gasteiger partial charge in [0.15, 0.2) is 11.7 Å². The summed E-state index contributed by atoms with van der Waals surface area (Å²) in [5.74, 6) is 0.745. The van der Waals surface area contributed by atoms with E-state index in [0.29, 0.717) is 33.1 Å². The highest BCUT2D eigenvalue weighted by Crippen LogP contribution is 2.34. The van der Waals surface area contributed by atoms with Crippen LogP contribution >= 0.6 is 11.6 Å². The van der Waals surface area contributed by atoms with E-state index in [9.17, 15) is 4.79 Å². The van der Waals surface area contributed by atoms with Crippen molar-refractivity contribution in [3.63, 3.8) is 0 Å². The minimum atomic E-state index is -0.417. The zero-order valence-electron chi connectivity index (χ0n) is 17.2. The molecule has 0 atom stereocenters. The van der Waals surface area contributed by atoms with E-state index in [1.165, 1.54) is 7.05 Å². The van der Waals surface area contributed by atoms with Gasteiger partial charge in [-0.25, -0.2) is 0 Å². The number of pyridine rings is 1. The van der Waals surface area contributed by atoms with Crippen molar-refractivity contribution in [1.29, 1.82) is 0 Å². The first-order valence-corrected chi connectivity index (χ1v) is 10.0. The van der Waals surface area contributed by atoms with Crippen molar-refractivity contribution in [1.82, 2.24) is 20.2 Å². The number of ether oxygens (including phenoxy) is 1. The lowest BCUT2D eigenvalue weighted by molar-refractivity contribution is 0.0972. The Hall–Kier alpha value is -3.10. The quantitative estimate of drug-likeness (QED) is 0.394. The molecule has 0 aliphatic rings. The number of benzene rings is 1. The molecular weight excluding hydrogens is 404 g/mol. The zero-order valence-corrected chi connectivity index (χ0v) is 18.0. The molecule has 0 saturated heterocycles. The molecule has 0 aliphatic carbocycles. The number of rotatable bonds is 7. The molecule has 0 aliphatic heterocycles. The Morgan fingerprint density at radius 1 is 1.30 bits per heavy atom. The van der Waals surface area contributed by atoms with Gasteiger partial charge in [0.25, 0.3) is 5.91 Å². The smallest absolute Gasteiger partial charge is 0.274 e. The van der Waals surface area contributed by atoms with Crippen LogP contribution in [0.1, 0.15) is 29.9 Å². The van der Waals surface area contributed by atoms with Crippen molar-refractivity contribution in [2.75, 3.05) is 20.1 Å². The Morgan fingerprint density at radius 2 is 2.07 bits per heavy atom. The van der Waals surface area contributed by atoms with Gasteiger partial charge in [0, 0.05) is 25.2 Å². The van der Waals surface area contributed by atoms with Crippen molar-refractivity contribution < 1.29 is 9.53 Å². The van der Waals surface area contributed by atoms with Gasteiger partial charge in [-0.1, -0.05) is 25.4 Å². The molecule has 0 saturated carbocycles. The number of guanidine groups is 1. The van der Waals surface area contributed by atoms with Gasteiger partial charge in [0.2, 0.25) is 0 Å². The molecular formula is C21H25ClN6O2. The van der Waals surface area contributed by atoms with E-state index < -0.39 is 5.91 Å². The first-order valence-electron chi connectivity index (χ1n) is 9.64. The molecule has 0 radical (unpaired) electrons. The zero-order chi connectivity index (χ0) is 21.7. The maximum Gasteiger partial charge on any atom is 0.274 e. The molecule has 2 heterocycles. The van der Waals surface area contributed by atoms with E-state index in [1.54, 1.807) is 24.4 Å². The fraction of sp³-hybridized carbons (Fsp3) is 0.286. The summed E-state index contributed by atoms with van der Waals surface area (Å²) in [6, 6.07) is 7.09. The average molecular weight is 429 g/mol. The highest BCUT2D eigenvalue weighted by atomic mass is 35.5. The summed E-state index contributed by atoms with van der Waals surface area (Å²) in [4.78, 5) is 25.7. The fourth-order valence-corrected chi connectivity index (χ4v) is 3.26. The lowest BCUT2D eigenvalue weighted by Gasteiger charge is -2.18. The van der Waals surface area contributed by atoms with Crippen molar-refractivity contribution in [2.45, 2.75) is 20.4 Å². The number of hydrogen-bond donors (Lipinski definition) is 3. The maximum absolute atomic E-state index is 12.4. The monoisotopic (exact) mass is 428 g/mol. The van der Waals surface area contributed by atoms with Crippen LogP contribution in [-0.4, -0.2) is 46.9 Å². The number of aliphatic imine (C=N–C) groups is 1. The Kier molecular flexibility index (Phi) is 6.91. The number of fused-ring (bicyclic) bond motifs is 1. The molecule has 9 heteroatoms. The number of carbonyl (C=O) groups excluding carboxylic acids is 1. The highest BCUT2D eigenvalue weighted by Gasteiger charge is 2.16. The minimum Gasteiger partial charge on any atom is -0.454 e. The third kappa shape index (κ3) is 4.90. The van der Waals surface area contributed by atoms with Crippen LogP contribution < -0.4 is 15.8 Å². The number of halogens is 1. The molecule has 0 spiro atoms. The topological polar surface area (TPSA) is 109 Å². The van der Waals surface area contributed by atoms with Crippen LogP contribution in [0.25, 0.3) is 10.9 Å². The van der Waals surface area contributed by atoms with E-state index >= 15 is 0 Å². The second kappa shape index (κ2) is 9.60. The molecule has 8 nitrogen and oxygen atoms in total. The number of nitrogens with one attached hydrogen (secondary N) is 2. The first kappa shape index (κ1) is 21.6. The summed E-state index contributed by atoms with van der Waals surface area (Å²) in [5.41, 5.74) is 7.54. The van der Waals surface area contributed by atoms with Gasteiger partial charge in [-0.15, -0.1) is 0 Å². The summed E-state index contributed by atoms with van der Waals surface area (Å²) in [6.07, 6.45) is 3.49. The maximum atomic E-state index is 12.4. The molecule has 1 amide bonds. The van der Waals surface area contributed by atoms with E-state index in [2.05, 4.69) is 39.0 Å². The average Bonchev–Trinajstić information content (AvgIpc) is 3.21. The molecule has 3 rings (SSSR count). The summed E-state index contributed by atoms with van der Waals surface area (Å²) in [5, 5.41) is 3.65. The lowest BCUT2D eigenvalue weighted by Crippen LogP contribution is -2.36. The number of aromatic amines is 1. The number of hydrogen-bond acceptors (Lipinski definition) is 5. The highest BCUT2D eigenvalue weighted by molar-refractivity contribution is 6.36. The molecule has 3 aromatic rings. The second-order valence-corrected chi connectivity index (χ2v) is 7.08. The molecule has 0 unspecified atom stereocenters. The molecule has 0 fully saturated rings. The van der Waals surface area contributed by atoms with Crippen molar-refractivity contribution in [2.24, 2.45) is 10.7 Å². The Morgan fingerprint density at radius 3 is 2.77 bits per heavy atom. The summed E-state index contributed by atoms with van der Waals surface area (Å²) in [6.45, 7) is 6.96. The van der Waals surface area contributed by atoms with Crippen LogP contribution in [-0.2, 0) is 6.54 Å². The van der Waals surface area contributed by atoms with Gasteiger partial charge in [-0.05, 0) is 42.9 Å². The summed E-state index contributed by atoms with van der Waals surface area (Å²) >= 11 is 6.32. The van der Waals surface area contributed by atoms with Gasteiger partial charge in [-0.2, -0.15) is 0 Å². The Labute approximate surface area is 180 Å². The lowest BCUT2D eigenvalue weighted by atomic mass is 10.2. The van der Waals surface area contributed by atoms with E-state index in [4.69, 9.17) is 22.1 Å². The standard InChI is InChI=1S/C21H25ClN6O2/c1-4-28(5-2)12-13-8-14(11-25-10-13)30-18-7-6-16(22)15-9-17(26-19(15)18)20(29)27-21(23)24-3/h6-11,26H,4-5,12H2,1-3H3,(H3,23,24,27,29). The first-order chi connectivity index (χ1) is 14.4. The van der Waals surface area contributed by atoms with E-state index in [1.807, 2.05) is 12.3 Å². The van der Waals surface area contributed by atoms with Gasteiger partial charge >= 0.3 is 0 Å². The predicted molar refractivity (Wildman–Crippen MR) is 119 cm³/mol. The SMILES string of the molecule is CCN(CC)Cc1cncc(Oc2ccc(Cl)c3cc(C(=O)NC(N)=NC)[nH]c23)c1. The Bertz CT molecular complexity index is 1070. The van der Waals surface area contributed by atoms with Crippen molar-refractivity contribution >= 4 is 34.4 Å². The van der Waals surface area contributed by atoms with Crippen LogP contribution in [0.2, 0.25) is 5.02 Å². The number of nitrogens with zero attached hydrogens (tertiary/aromatic N) is 3. The number of H-pyrrole nitrogens is 1. The van der Waals surface area contributed by atoms with Gasteiger partial charge in [0.1, 0.15) is 11.4 Å². The largest absolute Gasteiger partial charge is 0.454 e. The summed E-state index contributed by atoms with van der Waals surface area (Å²) in [7, 11) is 1.49. The fourth-order valence-electron chi connectivity index (χ4n) is 3.04. The molecule has 30 heavy (non-hydrogen) atoms. The van der Waals surface area contributed by atoms with Crippen molar-refractivity contribution in [3.8, 4) is 11.5 Å². The van der Waals surface area contributed by atoms with E-state index in [-0.39, 0.29) is 5.96 Å². The molecule has 158 valence electrons. The van der Waals surface area contributed by atoms with Gasteiger partial charge in [0.05, 0.1) is 16.7 Å².